The first-order chi connectivity index (χ1) is 13.9. The molecule has 4 rings (SSSR count). The first-order valence-corrected chi connectivity index (χ1v) is 9.66. The molecule has 0 aliphatic carbocycles. The van der Waals surface area contributed by atoms with Crippen molar-refractivity contribution in [2.24, 2.45) is 5.92 Å². The van der Waals surface area contributed by atoms with Gasteiger partial charge in [0.05, 0.1) is 17.2 Å². The van der Waals surface area contributed by atoms with Gasteiger partial charge in [0, 0.05) is 19.5 Å². The topological polar surface area (TPSA) is 107 Å². The van der Waals surface area contributed by atoms with Crippen molar-refractivity contribution in [1.29, 1.82) is 0 Å². The van der Waals surface area contributed by atoms with Crippen molar-refractivity contribution in [3.05, 3.63) is 46.0 Å². The molecule has 2 aliphatic heterocycles. The number of piperidine rings is 1. The Morgan fingerprint density at radius 1 is 1.24 bits per heavy atom. The summed E-state index contributed by atoms with van der Waals surface area (Å²) >= 11 is 0. The van der Waals surface area contributed by atoms with Gasteiger partial charge in [0.2, 0.25) is 17.8 Å². The number of nitrogens with one attached hydrogen (secondary N) is 3. The molecule has 1 aromatic heterocycles. The third-order valence-corrected chi connectivity index (χ3v) is 5.47. The number of benzene rings is 1. The summed E-state index contributed by atoms with van der Waals surface area (Å²) in [5.74, 6) is -1.60. The zero-order valence-electron chi connectivity index (χ0n) is 16.0. The van der Waals surface area contributed by atoms with Gasteiger partial charge in [0.25, 0.3) is 5.56 Å². The minimum Gasteiger partial charge on any atom is -0.342 e. The Kier molecular flexibility index (Phi) is 5.04. The number of carbonyl (C=O) groups is 2. The Morgan fingerprint density at radius 3 is 2.69 bits per heavy atom. The SMILES string of the molecule is CC1CCN(c2nc3c(c(=O)[nH]2)[C@H](C(=O)Nc2ccccc2F)CC(=O)N3)CC1. The monoisotopic (exact) mass is 399 g/mol. The molecule has 152 valence electrons. The van der Waals surface area contributed by atoms with Crippen LogP contribution in [0.15, 0.2) is 29.1 Å². The van der Waals surface area contributed by atoms with Crippen molar-refractivity contribution >= 4 is 29.3 Å². The third-order valence-electron chi connectivity index (χ3n) is 5.47. The summed E-state index contributed by atoms with van der Waals surface area (Å²) in [6.45, 7) is 3.70. The Labute approximate surface area is 166 Å². The summed E-state index contributed by atoms with van der Waals surface area (Å²) in [6.07, 6.45) is 1.76. The van der Waals surface area contributed by atoms with E-state index in [0.29, 0.717) is 11.9 Å². The molecule has 29 heavy (non-hydrogen) atoms. The number of nitrogens with zero attached hydrogens (tertiary/aromatic N) is 2. The molecule has 0 saturated carbocycles. The number of aromatic nitrogens is 2. The minimum atomic E-state index is -1.05. The molecule has 1 aromatic carbocycles. The molecule has 1 atom stereocenters. The van der Waals surface area contributed by atoms with Crippen LogP contribution in [-0.2, 0) is 9.59 Å². The van der Waals surface area contributed by atoms with Gasteiger partial charge in [-0.3, -0.25) is 19.4 Å². The summed E-state index contributed by atoms with van der Waals surface area (Å²) in [5.41, 5.74) is -0.390. The number of amides is 2. The van der Waals surface area contributed by atoms with E-state index in [2.05, 4.69) is 27.5 Å². The molecule has 0 spiro atoms. The number of hydrogen-bond acceptors (Lipinski definition) is 5. The van der Waals surface area contributed by atoms with Gasteiger partial charge in [-0.25, -0.2) is 4.39 Å². The van der Waals surface area contributed by atoms with Crippen molar-refractivity contribution < 1.29 is 14.0 Å². The second-order valence-electron chi connectivity index (χ2n) is 7.60. The zero-order chi connectivity index (χ0) is 20.5. The number of aromatic amines is 1. The van der Waals surface area contributed by atoms with Crippen molar-refractivity contribution in [1.82, 2.24) is 9.97 Å². The van der Waals surface area contributed by atoms with E-state index < -0.39 is 29.1 Å². The van der Waals surface area contributed by atoms with Crippen molar-refractivity contribution in [3.63, 3.8) is 0 Å². The lowest BCUT2D eigenvalue weighted by Crippen LogP contribution is -2.39. The largest absolute Gasteiger partial charge is 0.342 e. The van der Waals surface area contributed by atoms with Crippen LogP contribution in [0.2, 0.25) is 0 Å². The fourth-order valence-electron chi connectivity index (χ4n) is 3.74. The van der Waals surface area contributed by atoms with Crippen LogP contribution in [0.3, 0.4) is 0 Å². The molecule has 2 aliphatic rings. The number of halogens is 1. The Hall–Kier alpha value is -3.23. The third kappa shape index (κ3) is 3.85. The predicted molar refractivity (Wildman–Crippen MR) is 106 cm³/mol. The lowest BCUT2D eigenvalue weighted by atomic mass is 9.92. The Morgan fingerprint density at radius 2 is 1.97 bits per heavy atom. The summed E-state index contributed by atoms with van der Waals surface area (Å²) in [7, 11) is 0. The van der Waals surface area contributed by atoms with Gasteiger partial charge in [-0.05, 0) is 30.9 Å². The lowest BCUT2D eigenvalue weighted by molar-refractivity contribution is -0.123. The number of fused-ring (bicyclic) bond motifs is 1. The molecule has 3 N–H and O–H groups in total. The Bertz CT molecular complexity index is 1010. The molecule has 0 unspecified atom stereocenters. The first kappa shape index (κ1) is 19.1. The molecule has 3 heterocycles. The Balaban J connectivity index is 1.64. The molecule has 2 amide bonds. The number of para-hydroxylation sites is 1. The molecule has 0 bridgehead atoms. The fraction of sp³-hybridized carbons (Fsp3) is 0.400. The lowest BCUT2D eigenvalue weighted by Gasteiger charge is -2.31. The van der Waals surface area contributed by atoms with Crippen molar-refractivity contribution in [3.8, 4) is 0 Å². The van der Waals surface area contributed by atoms with E-state index in [1.54, 1.807) is 6.07 Å². The molecular weight excluding hydrogens is 377 g/mol. The van der Waals surface area contributed by atoms with Crippen LogP contribution in [0.1, 0.15) is 37.7 Å². The minimum absolute atomic E-state index is 0.00604. The van der Waals surface area contributed by atoms with Crippen molar-refractivity contribution in [2.75, 3.05) is 28.6 Å². The molecule has 2 aromatic rings. The average Bonchev–Trinajstić information content (AvgIpc) is 2.69. The summed E-state index contributed by atoms with van der Waals surface area (Å²) in [5, 5.41) is 5.06. The fourth-order valence-corrected chi connectivity index (χ4v) is 3.74. The van der Waals surface area contributed by atoms with E-state index in [1.165, 1.54) is 18.2 Å². The van der Waals surface area contributed by atoms with Crippen LogP contribution in [0, 0.1) is 11.7 Å². The van der Waals surface area contributed by atoms with Crippen LogP contribution in [-0.4, -0.2) is 34.9 Å². The number of rotatable bonds is 3. The highest BCUT2D eigenvalue weighted by atomic mass is 19.1. The average molecular weight is 399 g/mol. The van der Waals surface area contributed by atoms with E-state index in [-0.39, 0.29) is 23.5 Å². The zero-order valence-corrected chi connectivity index (χ0v) is 16.0. The van der Waals surface area contributed by atoms with E-state index in [4.69, 9.17) is 0 Å². The van der Waals surface area contributed by atoms with Gasteiger partial charge in [0.1, 0.15) is 11.6 Å². The normalized spacial score (nSPS) is 19.4. The second kappa shape index (κ2) is 7.65. The summed E-state index contributed by atoms with van der Waals surface area (Å²) in [6, 6.07) is 5.73. The van der Waals surface area contributed by atoms with Gasteiger partial charge < -0.3 is 15.5 Å². The maximum absolute atomic E-state index is 13.9. The number of anilines is 3. The molecule has 8 nitrogen and oxygen atoms in total. The number of hydrogen-bond donors (Lipinski definition) is 3. The predicted octanol–water partition coefficient (Wildman–Crippen LogP) is 2.21. The molecule has 9 heteroatoms. The van der Waals surface area contributed by atoms with Crippen LogP contribution >= 0.6 is 0 Å². The standard InChI is InChI=1S/C20H22FN5O3/c1-11-6-8-26(9-7-11)20-24-17-16(19(29)25-20)12(10-15(27)23-17)18(28)22-14-5-3-2-4-13(14)21/h2-5,11-12H,6-10H2,1H3,(H,22,28)(H2,23,24,25,27,29)/t12-/m1/s1. The van der Waals surface area contributed by atoms with Gasteiger partial charge in [-0.1, -0.05) is 19.1 Å². The van der Waals surface area contributed by atoms with Gasteiger partial charge >= 0.3 is 0 Å². The first-order valence-electron chi connectivity index (χ1n) is 9.66. The number of carbonyl (C=O) groups excluding carboxylic acids is 2. The highest BCUT2D eigenvalue weighted by Crippen LogP contribution is 2.31. The van der Waals surface area contributed by atoms with Crippen molar-refractivity contribution in [2.45, 2.75) is 32.1 Å². The van der Waals surface area contributed by atoms with E-state index in [1.807, 2.05) is 4.90 Å². The van der Waals surface area contributed by atoms with Gasteiger partial charge in [-0.15, -0.1) is 0 Å². The highest BCUT2D eigenvalue weighted by molar-refractivity contribution is 6.04. The number of H-pyrrole nitrogens is 1. The van der Waals surface area contributed by atoms with Crippen LogP contribution in [0.5, 0.6) is 0 Å². The summed E-state index contributed by atoms with van der Waals surface area (Å²) < 4.78 is 13.9. The quantitative estimate of drug-likeness (QED) is 0.734. The van der Waals surface area contributed by atoms with Gasteiger partial charge in [0.15, 0.2) is 0 Å². The van der Waals surface area contributed by atoms with E-state index >= 15 is 0 Å². The molecule has 1 saturated heterocycles. The molecule has 1 fully saturated rings. The second-order valence-corrected chi connectivity index (χ2v) is 7.60. The summed E-state index contributed by atoms with van der Waals surface area (Å²) in [4.78, 5) is 46.9. The maximum atomic E-state index is 13.9. The smallest absolute Gasteiger partial charge is 0.258 e. The molecule has 0 radical (unpaired) electrons. The van der Waals surface area contributed by atoms with Crippen LogP contribution < -0.4 is 21.1 Å². The highest BCUT2D eigenvalue weighted by Gasteiger charge is 2.35. The van der Waals surface area contributed by atoms with E-state index in [0.717, 1.165) is 25.9 Å². The van der Waals surface area contributed by atoms with Gasteiger partial charge in [-0.2, -0.15) is 4.98 Å². The maximum Gasteiger partial charge on any atom is 0.258 e. The van der Waals surface area contributed by atoms with Crippen LogP contribution in [0.25, 0.3) is 0 Å². The van der Waals surface area contributed by atoms with E-state index in [9.17, 15) is 18.8 Å². The molecular formula is C20H22FN5O3. The van der Waals surface area contributed by atoms with Crippen LogP contribution in [0.4, 0.5) is 21.8 Å².